The van der Waals surface area contributed by atoms with Crippen molar-refractivity contribution in [2.24, 2.45) is 5.41 Å². The van der Waals surface area contributed by atoms with Crippen LogP contribution in [0.5, 0.6) is 11.5 Å². The number of hydrogen-bond donors (Lipinski definition) is 0. The summed E-state index contributed by atoms with van der Waals surface area (Å²) in [5, 5.41) is 20.7. The van der Waals surface area contributed by atoms with Crippen molar-refractivity contribution in [1.82, 2.24) is 0 Å². The number of fused-ring (bicyclic) bond motifs is 3. The van der Waals surface area contributed by atoms with Gasteiger partial charge in [-0.05, 0) is 42.7 Å². The summed E-state index contributed by atoms with van der Waals surface area (Å²) in [6.07, 6.45) is 5.76. The largest absolute Gasteiger partial charge is 0.493 e. The SMILES string of the molecule is CCCCOc1ccc([C@@H]2[C@H](C(C)=O)N3c4ccccc4C=C[C@H]3C2(C#N)C#N)cc1OC. The fourth-order valence-electron chi connectivity index (χ4n) is 5.08. The smallest absolute Gasteiger partial charge is 0.176 e. The second kappa shape index (κ2) is 9.00. The lowest BCUT2D eigenvalue weighted by atomic mass is 9.69. The van der Waals surface area contributed by atoms with Crippen LogP contribution in [-0.4, -0.2) is 31.6 Å². The number of benzene rings is 2. The molecule has 0 amide bonds. The standard InChI is InChI=1S/C27H27N3O3/c1-4-5-14-33-22-12-10-20(15-23(22)32-3)25-26(18(2)31)30-21-9-7-6-8-19(21)11-13-24(30)27(25,16-28)17-29/h6-13,15,24-26H,4-5,14H2,1-3H3/t24-,25+,26-/m0/s1. The zero-order chi connectivity index (χ0) is 23.6. The topological polar surface area (TPSA) is 86.4 Å². The molecule has 0 radical (unpaired) electrons. The molecule has 1 fully saturated rings. The first-order valence-electron chi connectivity index (χ1n) is 11.2. The summed E-state index contributed by atoms with van der Waals surface area (Å²) in [6.45, 7) is 4.19. The molecule has 168 valence electrons. The minimum atomic E-state index is -1.45. The Bertz CT molecular complexity index is 1160. The fourth-order valence-corrected chi connectivity index (χ4v) is 5.08. The van der Waals surface area contributed by atoms with Gasteiger partial charge in [-0.15, -0.1) is 0 Å². The van der Waals surface area contributed by atoms with Crippen LogP contribution in [0.15, 0.2) is 48.5 Å². The molecular weight excluding hydrogens is 414 g/mol. The number of Topliss-reactive ketones (excluding diaryl/α,β-unsaturated/α-hetero) is 1. The number of ketones is 1. The molecule has 2 aromatic rings. The second-order valence-electron chi connectivity index (χ2n) is 8.51. The average molecular weight is 442 g/mol. The Hall–Kier alpha value is -3.77. The van der Waals surface area contributed by atoms with Crippen molar-refractivity contribution in [3.8, 4) is 23.6 Å². The molecule has 0 spiro atoms. The second-order valence-corrected chi connectivity index (χ2v) is 8.51. The average Bonchev–Trinajstić information content (AvgIpc) is 3.15. The summed E-state index contributed by atoms with van der Waals surface area (Å²) < 4.78 is 11.4. The van der Waals surface area contributed by atoms with E-state index in [0.29, 0.717) is 23.7 Å². The molecule has 2 aliphatic heterocycles. The molecule has 3 atom stereocenters. The molecule has 0 aromatic heterocycles. The lowest BCUT2D eigenvalue weighted by molar-refractivity contribution is -0.118. The van der Waals surface area contributed by atoms with Gasteiger partial charge in [0.15, 0.2) is 22.7 Å². The number of para-hydroxylation sites is 1. The van der Waals surface area contributed by atoms with Gasteiger partial charge < -0.3 is 14.4 Å². The minimum Gasteiger partial charge on any atom is -0.493 e. The van der Waals surface area contributed by atoms with Crippen LogP contribution in [0.2, 0.25) is 0 Å². The van der Waals surface area contributed by atoms with E-state index in [9.17, 15) is 15.3 Å². The summed E-state index contributed by atoms with van der Waals surface area (Å²) in [6, 6.07) is 16.6. The third-order valence-electron chi connectivity index (χ3n) is 6.63. The molecular formula is C27H27N3O3. The van der Waals surface area contributed by atoms with Crippen molar-refractivity contribution in [2.75, 3.05) is 18.6 Å². The summed E-state index contributed by atoms with van der Waals surface area (Å²) in [5.74, 6) is 0.375. The van der Waals surface area contributed by atoms with Crippen LogP contribution in [0.4, 0.5) is 5.69 Å². The number of nitrogens with zero attached hydrogens (tertiary/aromatic N) is 3. The molecule has 2 heterocycles. The summed E-state index contributed by atoms with van der Waals surface area (Å²) in [7, 11) is 1.56. The number of methoxy groups -OCH3 is 1. The van der Waals surface area contributed by atoms with Gasteiger partial charge in [0.05, 0.1) is 37.9 Å². The highest BCUT2D eigenvalue weighted by atomic mass is 16.5. The van der Waals surface area contributed by atoms with Crippen molar-refractivity contribution in [3.63, 3.8) is 0 Å². The Labute approximate surface area is 194 Å². The van der Waals surface area contributed by atoms with E-state index in [4.69, 9.17) is 9.47 Å². The Balaban J connectivity index is 1.87. The van der Waals surface area contributed by atoms with Gasteiger partial charge in [0.1, 0.15) is 0 Å². The first-order chi connectivity index (χ1) is 16.0. The van der Waals surface area contributed by atoms with Gasteiger partial charge in [-0.3, -0.25) is 4.79 Å². The summed E-state index contributed by atoms with van der Waals surface area (Å²) in [4.78, 5) is 15.0. The van der Waals surface area contributed by atoms with Crippen LogP contribution >= 0.6 is 0 Å². The minimum absolute atomic E-state index is 0.0929. The maximum absolute atomic E-state index is 13.1. The molecule has 33 heavy (non-hydrogen) atoms. The first kappa shape index (κ1) is 22.4. The third kappa shape index (κ3) is 3.52. The maximum Gasteiger partial charge on any atom is 0.176 e. The lowest BCUT2D eigenvalue weighted by Gasteiger charge is -2.35. The number of unbranched alkanes of at least 4 members (excludes halogenated alkanes) is 1. The van der Waals surface area contributed by atoms with Crippen molar-refractivity contribution < 1.29 is 14.3 Å². The van der Waals surface area contributed by atoms with Gasteiger partial charge in [0.25, 0.3) is 0 Å². The molecule has 0 N–H and O–H groups in total. The molecule has 0 saturated carbocycles. The summed E-state index contributed by atoms with van der Waals surface area (Å²) >= 11 is 0. The Morgan fingerprint density at radius 2 is 1.91 bits per heavy atom. The van der Waals surface area contributed by atoms with Gasteiger partial charge in [0.2, 0.25) is 0 Å². The van der Waals surface area contributed by atoms with Gasteiger partial charge in [-0.25, -0.2) is 0 Å². The number of hydrogen-bond acceptors (Lipinski definition) is 6. The van der Waals surface area contributed by atoms with Crippen LogP contribution in [0.25, 0.3) is 6.08 Å². The third-order valence-corrected chi connectivity index (χ3v) is 6.63. The van der Waals surface area contributed by atoms with E-state index >= 15 is 0 Å². The van der Waals surface area contributed by atoms with Gasteiger partial charge in [0, 0.05) is 11.6 Å². The van der Waals surface area contributed by atoms with Gasteiger partial charge >= 0.3 is 0 Å². The van der Waals surface area contributed by atoms with E-state index < -0.39 is 23.4 Å². The molecule has 2 aliphatic rings. The number of carbonyl (C=O) groups excluding carboxylic acids is 1. The van der Waals surface area contributed by atoms with Crippen LogP contribution in [0.3, 0.4) is 0 Å². The highest BCUT2D eigenvalue weighted by molar-refractivity contribution is 5.91. The Morgan fingerprint density at radius 1 is 1.15 bits per heavy atom. The van der Waals surface area contributed by atoms with E-state index in [-0.39, 0.29) is 5.78 Å². The van der Waals surface area contributed by atoms with Gasteiger partial charge in [-0.2, -0.15) is 10.5 Å². The van der Waals surface area contributed by atoms with Crippen LogP contribution < -0.4 is 14.4 Å². The van der Waals surface area contributed by atoms with E-state index in [1.807, 2.05) is 53.5 Å². The molecule has 0 aliphatic carbocycles. The number of ether oxygens (including phenoxy) is 2. The monoisotopic (exact) mass is 441 g/mol. The Morgan fingerprint density at radius 3 is 2.58 bits per heavy atom. The first-order valence-corrected chi connectivity index (χ1v) is 11.2. The van der Waals surface area contributed by atoms with Crippen LogP contribution in [0.1, 0.15) is 43.7 Å². The van der Waals surface area contributed by atoms with Crippen molar-refractivity contribution in [2.45, 2.75) is 44.7 Å². The number of nitriles is 2. The maximum atomic E-state index is 13.1. The quantitative estimate of drug-likeness (QED) is 0.570. The molecule has 1 saturated heterocycles. The van der Waals surface area contributed by atoms with Crippen LogP contribution in [0, 0.1) is 28.1 Å². The zero-order valence-corrected chi connectivity index (χ0v) is 19.1. The molecule has 2 aromatic carbocycles. The predicted octanol–water partition coefficient (Wildman–Crippen LogP) is 4.86. The molecule has 0 bridgehead atoms. The van der Waals surface area contributed by atoms with Crippen molar-refractivity contribution in [3.05, 3.63) is 59.7 Å². The van der Waals surface area contributed by atoms with E-state index in [2.05, 4.69) is 19.1 Å². The van der Waals surface area contributed by atoms with Crippen molar-refractivity contribution >= 4 is 17.5 Å². The van der Waals surface area contributed by atoms with Crippen LogP contribution in [-0.2, 0) is 4.79 Å². The molecule has 6 nitrogen and oxygen atoms in total. The Kier molecular flexibility index (Phi) is 6.11. The zero-order valence-electron chi connectivity index (χ0n) is 19.1. The fraction of sp³-hybridized carbons (Fsp3) is 0.370. The van der Waals surface area contributed by atoms with E-state index in [0.717, 1.165) is 24.1 Å². The van der Waals surface area contributed by atoms with E-state index in [1.165, 1.54) is 6.92 Å². The van der Waals surface area contributed by atoms with E-state index in [1.54, 1.807) is 13.2 Å². The molecule has 0 unspecified atom stereocenters. The van der Waals surface area contributed by atoms with Crippen molar-refractivity contribution in [1.29, 1.82) is 10.5 Å². The molecule has 4 rings (SSSR count). The lowest BCUT2D eigenvalue weighted by Crippen LogP contribution is -2.43. The highest BCUT2D eigenvalue weighted by Gasteiger charge is 2.62. The summed E-state index contributed by atoms with van der Waals surface area (Å²) in [5.41, 5.74) is 1.07. The highest BCUT2D eigenvalue weighted by Crippen LogP contribution is 2.55. The normalized spacial score (nSPS) is 22.0. The number of carbonyl (C=O) groups is 1. The number of rotatable bonds is 7. The van der Waals surface area contributed by atoms with Gasteiger partial charge in [-0.1, -0.05) is 49.8 Å². The molecule has 6 heteroatoms. The number of anilines is 1. The predicted molar refractivity (Wildman–Crippen MR) is 126 cm³/mol.